The van der Waals surface area contributed by atoms with Crippen molar-refractivity contribution in [1.82, 2.24) is 24.5 Å². The van der Waals surface area contributed by atoms with Crippen LogP contribution in [0, 0.1) is 11.8 Å². The summed E-state index contributed by atoms with van der Waals surface area (Å²) in [6, 6.07) is 2.00. The van der Waals surface area contributed by atoms with Crippen LogP contribution in [0.25, 0.3) is 0 Å². The maximum Gasteiger partial charge on any atom is 0.0829 e. The molecular formula is C34H63N5O. The Morgan fingerprint density at radius 1 is 0.825 bits per heavy atom. The minimum atomic E-state index is 0.116. The topological polar surface area (TPSA) is 36.8 Å². The Kier molecular flexibility index (Phi) is 12.0. The van der Waals surface area contributed by atoms with Crippen LogP contribution in [-0.2, 0) is 17.6 Å². The van der Waals surface area contributed by atoms with E-state index < -0.39 is 0 Å². The Hall–Kier alpha value is -0.950. The lowest BCUT2D eigenvalue weighted by molar-refractivity contribution is -0.0836. The van der Waals surface area contributed by atoms with E-state index in [9.17, 15) is 0 Å². The first-order valence-electron chi connectivity index (χ1n) is 17.1. The van der Waals surface area contributed by atoms with Gasteiger partial charge in [0.15, 0.2) is 0 Å². The highest BCUT2D eigenvalue weighted by Crippen LogP contribution is 2.32. The van der Waals surface area contributed by atoms with Crippen LogP contribution >= 0.6 is 0 Å². The number of nitrogens with zero attached hydrogens (tertiary/aromatic N) is 5. The lowest BCUT2D eigenvalue weighted by Crippen LogP contribution is -2.54. The minimum absolute atomic E-state index is 0.116. The van der Waals surface area contributed by atoms with Crippen LogP contribution in [0.4, 0.5) is 0 Å². The van der Waals surface area contributed by atoms with Crippen molar-refractivity contribution < 1.29 is 4.74 Å². The van der Waals surface area contributed by atoms with E-state index in [1.807, 2.05) is 7.11 Å². The summed E-state index contributed by atoms with van der Waals surface area (Å²) in [6.07, 6.45) is 16.4. The predicted octanol–water partition coefficient (Wildman–Crippen LogP) is 6.44. The van der Waals surface area contributed by atoms with E-state index >= 15 is 0 Å². The standard InChI is InChI=1S/C17H29N3.C17H34N2O/c1-4-14-5-6-17-15(11-14)12-18-20(17)16-7-9-19(10-8-16)13(2)3;1-5-16-6-10-18(11-7-16)14-17(20-4)8-12-19(13-9-17)15(2)3/h12-14,16H,4-11H2,1-3H3;15-16H,5-14H2,1-4H3. The van der Waals surface area contributed by atoms with Crippen molar-refractivity contribution in [3.8, 4) is 0 Å². The van der Waals surface area contributed by atoms with Crippen LogP contribution in [0.5, 0.6) is 0 Å². The molecule has 3 fully saturated rings. The van der Waals surface area contributed by atoms with Crippen LogP contribution in [-0.4, -0.2) is 95.1 Å². The summed E-state index contributed by atoms with van der Waals surface area (Å²) in [5, 5.41) is 4.76. The zero-order valence-electron chi connectivity index (χ0n) is 27.3. The molecule has 6 nitrogen and oxygen atoms in total. The first-order valence-corrected chi connectivity index (χ1v) is 17.1. The third-order valence-corrected chi connectivity index (χ3v) is 11.1. The average Bonchev–Trinajstić information content (AvgIpc) is 3.41. The minimum Gasteiger partial charge on any atom is -0.377 e. The van der Waals surface area contributed by atoms with E-state index in [4.69, 9.17) is 9.84 Å². The fourth-order valence-corrected chi connectivity index (χ4v) is 7.77. The number of likely N-dealkylation sites (tertiary alicyclic amines) is 3. The van der Waals surface area contributed by atoms with Gasteiger partial charge in [-0.15, -0.1) is 0 Å². The molecule has 40 heavy (non-hydrogen) atoms. The molecule has 3 saturated heterocycles. The maximum absolute atomic E-state index is 5.99. The molecule has 0 bridgehead atoms. The Morgan fingerprint density at radius 2 is 1.43 bits per heavy atom. The SMILES string of the molecule is CCC1CCN(CC2(OC)CCN(C(C)C)CC2)CC1.CCC1CCc2c(cnn2C2CCN(C(C)C)CC2)C1. The summed E-state index contributed by atoms with van der Waals surface area (Å²) >= 11 is 0. The van der Waals surface area contributed by atoms with E-state index in [0.717, 1.165) is 18.4 Å². The van der Waals surface area contributed by atoms with Crippen molar-refractivity contribution in [3.63, 3.8) is 0 Å². The molecule has 230 valence electrons. The van der Waals surface area contributed by atoms with Crippen molar-refractivity contribution in [2.24, 2.45) is 11.8 Å². The van der Waals surface area contributed by atoms with Crippen molar-refractivity contribution in [2.75, 3.05) is 52.9 Å². The normalized spacial score (nSPS) is 25.7. The summed E-state index contributed by atoms with van der Waals surface area (Å²) in [5.74, 6) is 1.86. The second-order valence-corrected chi connectivity index (χ2v) is 14.1. The number of aromatic nitrogens is 2. The first-order chi connectivity index (χ1) is 19.3. The summed E-state index contributed by atoms with van der Waals surface area (Å²) in [7, 11) is 1.92. The van der Waals surface area contributed by atoms with Gasteiger partial charge in [0, 0.05) is 57.6 Å². The molecule has 0 radical (unpaired) electrons. The highest BCUT2D eigenvalue weighted by atomic mass is 16.5. The van der Waals surface area contributed by atoms with Gasteiger partial charge in [0.1, 0.15) is 0 Å². The molecule has 1 atom stereocenters. The monoisotopic (exact) mass is 558 g/mol. The molecule has 4 aliphatic rings. The van der Waals surface area contributed by atoms with Gasteiger partial charge < -0.3 is 19.4 Å². The molecule has 6 heteroatoms. The smallest absolute Gasteiger partial charge is 0.0829 e. The van der Waals surface area contributed by atoms with Crippen LogP contribution in [0.3, 0.4) is 0 Å². The Balaban J connectivity index is 0.000000185. The second kappa shape index (κ2) is 15.0. The van der Waals surface area contributed by atoms with Gasteiger partial charge in [-0.3, -0.25) is 4.68 Å². The van der Waals surface area contributed by atoms with Gasteiger partial charge in [0.2, 0.25) is 0 Å². The average molecular weight is 558 g/mol. The third-order valence-electron chi connectivity index (χ3n) is 11.1. The van der Waals surface area contributed by atoms with Crippen LogP contribution in [0.15, 0.2) is 6.20 Å². The molecule has 5 rings (SSSR count). The summed E-state index contributed by atoms with van der Waals surface area (Å²) in [4.78, 5) is 7.83. The van der Waals surface area contributed by atoms with Gasteiger partial charge in [0.05, 0.1) is 17.8 Å². The number of piperidine rings is 3. The summed E-state index contributed by atoms with van der Waals surface area (Å²) < 4.78 is 8.38. The summed E-state index contributed by atoms with van der Waals surface area (Å²) in [6.45, 7) is 22.4. The van der Waals surface area contributed by atoms with Crippen LogP contribution < -0.4 is 0 Å². The molecule has 3 aliphatic heterocycles. The molecule has 1 aromatic rings. The van der Waals surface area contributed by atoms with Gasteiger partial charge in [-0.05, 0) is 116 Å². The number of hydrogen-bond donors (Lipinski definition) is 0. The number of rotatable bonds is 8. The largest absolute Gasteiger partial charge is 0.377 e. The van der Waals surface area contributed by atoms with Gasteiger partial charge in [-0.1, -0.05) is 26.7 Å². The fourth-order valence-electron chi connectivity index (χ4n) is 7.77. The molecule has 0 saturated carbocycles. The summed E-state index contributed by atoms with van der Waals surface area (Å²) in [5.41, 5.74) is 3.21. The van der Waals surface area contributed by atoms with Gasteiger partial charge in [0.25, 0.3) is 0 Å². The van der Waals surface area contributed by atoms with Crippen LogP contribution in [0.1, 0.15) is 117 Å². The zero-order valence-corrected chi connectivity index (χ0v) is 27.3. The van der Waals surface area contributed by atoms with E-state index in [1.54, 1.807) is 5.69 Å². The van der Waals surface area contributed by atoms with Crippen molar-refractivity contribution >= 4 is 0 Å². The molecule has 0 amide bonds. The van der Waals surface area contributed by atoms with E-state index in [-0.39, 0.29) is 5.60 Å². The number of hydrogen-bond acceptors (Lipinski definition) is 5. The zero-order chi connectivity index (χ0) is 28.7. The van der Waals surface area contributed by atoms with Crippen molar-refractivity contribution in [1.29, 1.82) is 0 Å². The van der Waals surface area contributed by atoms with E-state index in [1.165, 1.54) is 115 Å². The van der Waals surface area contributed by atoms with Gasteiger partial charge in [-0.25, -0.2) is 0 Å². The lowest BCUT2D eigenvalue weighted by Gasteiger charge is -2.45. The van der Waals surface area contributed by atoms with Crippen molar-refractivity contribution in [3.05, 3.63) is 17.5 Å². The molecule has 1 aromatic heterocycles. The highest BCUT2D eigenvalue weighted by molar-refractivity contribution is 5.22. The Morgan fingerprint density at radius 3 is 1.98 bits per heavy atom. The Bertz CT molecular complexity index is 858. The number of methoxy groups -OCH3 is 1. The van der Waals surface area contributed by atoms with E-state index in [0.29, 0.717) is 18.1 Å². The van der Waals surface area contributed by atoms with Crippen LogP contribution in [0.2, 0.25) is 0 Å². The lowest BCUT2D eigenvalue weighted by atomic mass is 9.86. The highest BCUT2D eigenvalue weighted by Gasteiger charge is 2.37. The van der Waals surface area contributed by atoms with Crippen molar-refractivity contribution in [2.45, 2.75) is 136 Å². The third kappa shape index (κ3) is 8.11. The molecule has 1 unspecified atom stereocenters. The maximum atomic E-state index is 5.99. The molecular weight excluding hydrogens is 494 g/mol. The number of fused-ring (bicyclic) bond motifs is 1. The van der Waals surface area contributed by atoms with Gasteiger partial charge >= 0.3 is 0 Å². The number of ether oxygens (including phenoxy) is 1. The first kappa shape index (κ1) is 32.0. The van der Waals surface area contributed by atoms with E-state index in [2.05, 4.69) is 67.1 Å². The molecule has 0 aromatic carbocycles. The Labute approximate surface area is 247 Å². The fraction of sp³-hybridized carbons (Fsp3) is 0.912. The molecule has 1 aliphatic carbocycles. The predicted molar refractivity (Wildman–Crippen MR) is 168 cm³/mol. The molecule has 4 heterocycles. The second-order valence-electron chi connectivity index (χ2n) is 14.1. The van der Waals surface area contributed by atoms with Gasteiger partial charge in [-0.2, -0.15) is 5.10 Å². The molecule has 0 N–H and O–H groups in total. The molecule has 0 spiro atoms. The quantitative estimate of drug-likeness (QED) is 0.368.